The largest absolute Gasteiger partial charge is 0.321 e. The molecule has 2 amide bonds. The predicted octanol–water partition coefficient (Wildman–Crippen LogP) is 5.01. The number of nitrogens with one attached hydrogen (secondary N) is 2. The summed E-state index contributed by atoms with van der Waals surface area (Å²) in [6.07, 6.45) is 1.45. The van der Waals surface area contributed by atoms with E-state index in [1.54, 1.807) is 66.7 Å². The van der Waals surface area contributed by atoms with Crippen molar-refractivity contribution in [3.63, 3.8) is 0 Å². The van der Waals surface area contributed by atoms with Crippen LogP contribution >= 0.6 is 23.2 Å². The summed E-state index contributed by atoms with van der Waals surface area (Å²) in [7, 11) is 0. The number of nitrogens with zero attached hydrogens (tertiary/aromatic N) is 1. The fourth-order valence-corrected chi connectivity index (χ4v) is 2.70. The lowest BCUT2D eigenvalue weighted by molar-refractivity contribution is 0.0956. The van der Waals surface area contributed by atoms with Crippen molar-refractivity contribution >= 4 is 46.9 Å². The lowest BCUT2D eigenvalue weighted by Crippen LogP contribution is -2.21. The van der Waals surface area contributed by atoms with Crippen LogP contribution in [0.1, 0.15) is 26.3 Å². The Hall–Kier alpha value is -3.15. The number of anilines is 1. The van der Waals surface area contributed by atoms with E-state index in [1.807, 2.05) is 6.07 Å². The van der Waals surface area contributed by atoms with Gasteiger partial charge in [0, 0.05) is 21.2 Å². The van der Waals surface area contributed by atoms with Gasteiger partial charge in [0.1, 0.15) is 0 Å². The minimum absolute atomic E-state index is 0.279. The molecular weight excluding hydrogens is 397 g/mol. The standard InChI is InChI=1S/C21H15Cl2N3O2/c22-16-11-9-14(10-12-16)20(27)25-19-8-4-2-6-17(19)21(28)26-24-13-15-5-1-3-7-18(15)23/h1-13H,(H,25,27)(H,26,28)/b24-13+. The molecule has 0 unspecified atom stereocenters. The third-order valence-electron chi connectivity index (χ3n) is 3.80. The molecule has 5 nitrogen and oxygen atoms in total. The molecule has 0 aliphatic heterocycles. The highest BCUT2D eigenvalue weighted by molar-refractivity contribution is 6.33. The van der Waals surface area contributed by atoms with E-state index in [4.69, 9.17) is 23.2 Å². The quantitative estimate of drug-likeness (QED) is 0.457. The Morgan fingerprint density at radius 3 is 2.25 bits per heavy atom. The smallest absolute Gasteiger partial charge is 0.273 e. The van der Waals surface area contributed by atoms with Crippen LogP contribution in [0.15, 0.2) is 77.9 Å². The van der Waals surface area contributed by atoms with Gasteiger partial charge in [-0.2, -0.15) is 5.10 Å². The van der Waals surface area contributed by atoms with Crippen molar-refractivity contribution in [2.45, 2.75) is 0 Å². The molecule has 3 rings (SSSR count). The molecule has 0 spiro atoms. The highest BCUT2D eigenvalue weighted by atomic mass is 35.5. The van der Waals surface area contributed by atoms with Crippen LogP contribution in [-0.2, 0) is 0 Å². The molecule has 0 aliphatic rings. The van der Waals surface area contributed by atoms with Crippen LogP contribution in [0, 0.1) is 0 Å². The predicted molar refractivity (Wildman–Crippen MR) is 112 cm³/mol. The van der Waals surface area contributed by atoms with Crippen molar-refractivity contribution in [1.29, 1.82) is 0 Å². The number of hydrogen-bond donors (Lipinski definition) is 2. The van der Waals surface area contributed by atoms with Crippen LogP contribution in [-0.4, -0.2) is 18.0 Å². The Labute approximate surface area is 172 Å². The number of para-hydroxylation sites is 1. The van der Waals surface area contributed by atoms with Crippen molar-refractivity contribution in [1.82, 2.24) is 5.43 Å². The number of carbonyl (C=O) groups excluding carboxylic acids is 2. The molecule has 0 saturated carbocycles. The number of amides is 2. The molecule has 3 aromatic carbocycles. The van der Waals surface area contributed by atoms with Gasteiger partial charge in [0.25, 0.3) is 11.8 Å². The number of hydrazone groups is 1. The third kappa shape index (κ3) is 4.97. The summed E-state index contributed by atoms with van der Waals surface area (Å²) < 4.78 is 0. The molecule has 7 heteroatoms. The lowest BCUT2D eigenvalue weighted by Gasteiger charge is -2.10. The Bertz CT molecular complexity index is 1030. The Morgan fingerprint density at radius 1 is 0.821 bits per heavy atom. The molecule has 28 heavy (non-hydrogen) atoms. The van der Waals surface area contributed by atoms with Crippen LogP contribution < -0.4 is 10.7 Å². The third-order valence-corrected chi connectivity index (χ3v) is 4.40. The Morgan fingerprint density at radius 2 is 1.50 bits per heavy atom. The second-order valence-electron chi connectivity index (χ2n) is 5.73. The summed E-state index contributed by atoms with van der Waals surface area (Å²) in [5.41, 5.74) is 4.19. The topological polar surface area (TPSA) is 70.6 Å². The molecule has 0 atom stereocenters. The highest BCUT2D eigenvalue weighted by Crippen LogP contribution is 2.17. The van der Waals surface area contributed by atoms with Crippen LogP contribution in [0.4, 0.5) is 5.69 Å². The summed E-state index contributed by atoms with van der Waals surface area (Å²) in [5.74, 6) is -0.813. The number of halogens is 2. The molecule has 0 heterocycles. The number of benzene rings is 3. The molecule has 0 aliphatic carbocycles. The second kappa shape index (κ2) is 9.17. The van der Waals surface area contributed by atoms with Crippen molar-refractivity contribution < 1.29 is 9.59 Å². The van der Waals surface area contributed by atoms with Crippen molar-refractivity contribution in [3.05, 3.63) is 99.5 Å². The van der Waals surface area contributed by atoms with E-state index in [2.05, 4.69) is 15.8 Å². The molecular formula is C21H15Cl2N3O2. The van der Waals surface area contributed by atoms with Gasteiger partial charge in [-0.15, -0.1) is 0 Å². The van der Waals surface area contributed by atoms with E-state index in [0.29, 0.717) is 26.9 Å². The molecule has 0 aromatic heterocycles. The maximum atomic E-state index is 12.5. The monoisotopic (exact) mass is 411 g/mol. The first-order chi connectivity index (χ1) is 13.5. The van der Waals surface area contributed by atoms with Gasteiger partial charge in [-0.1, -0.05) is 53.5 Å². The average molecular weight is 412 g/mol. The van der Waals surface area contributed by atoms with Crippen LogP contribution in [0.2, 0.25) is 10.0 Å². The van der Waals surface area contributed by atoms with Gasteiger partial charge in [0.15, 0.2) is 0 Å². The molecule has 0 radical (unpaired) electrons. The summed E-state index contributed by atoms with van der Waals surface area (Å²) >= 11 is 11.9. The maximum Gasteiger partial charge on any atom is 0.273 e. The number of hydrogen-bond acceptors (Lipinski definition) is 3. The van der Waals surface area contributed by atoms with Gasteiger partial charge in [0.2, 0.25) is 0 Å². The van der Waals surface area contributed by atoms with Crippen LogP contribution in [0.3, 0.4) is 0 Å². The van der Waals surface area contributed by atoms with E-state index >= 15 is 0 Å². The number of carbonyl (C=O) groups is 2. The van der Waals surface area contributed by atoms with Crippen LogP contribution in [0.5, 0.6) is 0 Å². The minimum Gasteiger partial charge on any atom is -0.321 e. The molecule has 3 aromatic rings. The van der Waals surface area contributed by atoms with Gasteiger partial charge in [-0.3, -0.25) is 9.59 Å². The SMILES string of the molecule is O=C(Nc1ccccc1C(=O)N/N=C/c1ccccc1Cl)c1ccc(Cl)cc1. The molecule has 0 bridgehead atoms. The zero-order chi connectivity index (χ0) is 19.9. The van der Waals surface area contributed by atoms with Crippen molar-refractivity contribution in [2.24, 2.45) is 5.10 Å². The summed E-state index contributed by atoms with van der Waals surface area (Å²) in [6.45, 7) is 0. The average Bonchev–Trinajstić information content (AvgIpc) is 2.70. The van der Waals surface area contributed by atoms with Crippen molar-refractivity contribution in [3.8, 4) is 0 Å². The normalized spacial score (nSPS) is 10.6. The van der Waals surface area contributed by atoms with Crippen molar-refractivity contribution in [2.75, 3.05) is 5.32 Å². The van der Waals surface area contributed by atoms with Gasteiger partial charge < -0.3 is 5.32 Å². The van der Waals surface area contributed by atoms with Gasteiger partial charge >= 0.3 is 0 Å². The zero-order valence-corrected chi connectivity index (χ0v) is 16.0. The van der Waals surface area contributed by atoms with Gasteiger partial charge in [-0.25, -0.2) is 5.43 Å². The minimum atomic E-state index is -0.463. The summed E-state index contributed by atoms with van der Waals surface area (Å²) in [6, 6.07) is 20.2. The summed E-state index contributed by atoms with van der Waals surface area (Å²) in [4.78, 5) is 24.9. The lowest BCUT2D eigenvalue weighted by atomic mass is 10.1. The second-order valence-corrected chi connectivity index (χ2v) is 6.57. The van der Waals surface area contributed by atoms with E-state index in [0.717, 1.165) is 0 Å². The first-order valence-corrected chi connectivity index (χ1v) is 9.04. The summed E-state index contributed by atoms with van der Waals surface area (Å²) in [5, 5.41) is 7.72. The number of rotatable bonds is 5. The molecule has 0 fully saturated rings. The molecule has 0 saturated heterocycles. The van der Waals surface area contributed by atoms with E-state index < -0.39 is 5.91 Å². The highest BCUT2D eigenvalue weighted by Gasteiger charge is 2.13. The Kier molecular flexibility index (Phi) is 6.42. The zero-order valence-electron chi connectivity index (χ0n) is 14.5. The first kappa shape index (κ1) is 19.6. The fraction of sp³-hybridized carbons (Fsp3) is 0. The van der Waals surface area contributed by atoms with E-state index in [9.17, 15) is 9.59 Å². The van der Waals surface area contributed by atoms with Crippen LogP contribution in [0.25, 0.3) is 0 Å². The van der Waals surface area contributed by atoms with E-state index in [-0.39, 0.29) is 11.5 Å². The Balaban J connectivity index is 1.72. The fourth-order valence-electron chi connectivity index (χ4n) is 2.39. The van der Waals surface area contributed by atoms with Gasteiger partial charge in [-0.05, 0) is 42.5 Å². The van der Waals surface area contributed by atoms with Gasteiger partial charge in [0.05, 0.1) is 17.5 Å². The first-order valence-electron chi connectivity index (χ1n) is 8.28. The molecule has 2 N–H and O–H groups in total. The molecule has 140 valence electrons. The maximum absolute atomic E-state index is 12.5. The van der Waals surface area contributed by atoms with E-state index in [1.165, 1.54) is 6.21 Å².